The first-order valence-electron chi connectivity index (χ1n) is 5.74. The molecule has 1 atom stereocenters. The van der Waals surface area contributed by atoms with E-state index in [-0.39, 0.29) is 5.71 Å². The molecular weight excluding hydrogens is 264 g/mol. The van der Waals surface area contributed by atoms with E-state index in [2.05, 4.69) is 5.16 Å². The van der Waals surface area contributed by atoms with Crippen LogP contribution >= 0.6 is 11.3 Å². The summed E-state index contributed by atoms with van der Waals surface area (Å²) in [5.74, 6) is 0.384. The van der Waals surface area contributed by atoms with E-state index >= 15 is 0 Å². The Morgan fingerprint density at radius 2 is 2.26 bits per heavy atom. The van der Waals surface area contributed by atoms with Crippen LogP contribution in [0.25, 0.3) is 0 Å². The molecule has 0 spiro atoms. The minimum atomic E-state index is -0.641. The summed E-state index contributed by atoms with van der Waals surface area (Å²) in [6.45, 7) is 3.41. The molecule has 5 nitrogen and oxygen atoms in total. The molecule has 1 N–H and O–H groups in total. The standard InChI is InChI=1S/C13H14N2O3S/c1-9(12-6-4-8-19-12)15(17)10(2)13(14-16)11-5-3-7-18-11/h3-8,10,16H,1-2H3/b14-13-,15-9-. The zero-order valence-corrected chi connectivity index (χ0v) is 11.4. The molecule has 2 rings (SSSR count). The van der Waals surface area contributed by atoms with Gasteiger partial charge in [-0.05, 0) is 23.6 Å². The average Bonchev–Trinajstić information content (AvgIpc) is 3.10. The largest absolute Gasteiger partial charge is 0.623 e. The van der Waals surface area contributed by atoms with Gasteiger partial charge in [-0.25, -0.2) is 0 Å². The van der Waals surface area contributed by atoms with E-state index in [1.54, 1.807) is 26.0 Å². The first-order chi connectivity index (χ1) is 9.15. The second kappa shape index (κ2) is 5.71. The van der Waals surface area contributed by atoms with Crippen LogP contribution in [0.15, 0.2) is 45.5 Å². The van der Waals surface area contributed by atoms with Gasteiger partial charge in [-0.15, -0.1) is 11.3 Å². The van der Waals surface area contributed by atoms with Gasteiger partial charge in [0.1, 0.15) is 0 Å². The van der Waals surface area contributed by atoms with Gasteiger partial charge in [-0.2, -0.15) is 4.74 Å². The third-order valence-electron chi connectivity index (χ3n) is 2.84. The summed E-state index contributed by atoms with van der Waals surface area (Å²) in [6, 6.07) is 6.45. The smallest absolute Gasteiger partial charge is 0.209 e. The first kappa shape index (κ1) is 13.4. The predicted molar refractivity (Wildman–Crippen MR) is 74.2 cm³/mol. The van der Waals surface area contributed by atoms with Crippen molar-refractivity contribution in [2.24, 2.45) is 5.16 Å². The molecule has 0 radical (unpaired) electrons. The van der Waals surface area contributed by atoms with E-state index in [9.17, 15) is 5.21 Å². The van der Waals surface area contributed by atoms with Crippen LogP contribution in [0, 0.1) is 5.21 Å². The topological polar surface area (TPSA) is 71.8 Å². The van der Waals surface area contributed by atoms with Gasteiger partial charge in [0.2, 0.25) is 11.8 Å². The van der Waals surface area contributed by atoms with Crippen molar-refractivity contribution < 1.29 is 14.4 Å². The highest BCUT2D eigenvalue weighted by molar-refractivity contribution is 7.12. The molecule has 2 aromatic rings. The molecule has 0 fully saturated rings. The average molecular weight is 278 g/mol. The summed E-state index contributed by atoms with van der Waals surface area (Å²) in [7, 11) is 0. The van der Waals surface area contributed by atoms with Gasteiger partial charge in [0, 0.05) is 13.8 Å². The number of rotatable bonds is 4. The van der Waals surface area contributed by atoms with E-state index in [1.165, 1.54) is 17.6 Å². The van der Waals surface area contributed by atoms with Gasteiger partial charge >= 0.3 is 0 Å². The molecule has 0 aromatic carbocycles. The van der Waals surface area contributed by atoms with E-state index in [0.717, 1.165) is 9.62 Å². The number of hydroxylamine groups is 1. The zero-order chi connectivity index (χ0) is 13.8. The highest BCUT2D eigenvalue weighted by atomic mass is 32.1. The second-order valence-electron chi connectivity index (χ2n) is 4.03. The number of thiophene rings is 1. The Kier molecular flexibility index (Phi) is 4.01. The summed E-state index contributed by atoms with van der Waals surface area (Å²) in [4.78, 5) is 0.888. The fraction of sp³-hybridized carbons (Fsp3) is 0.231. The van der Waals surface area contributed by atoms with E-state index < -0.39 is 6.04 Å². The Morgan fingerprint density at radius 1 is 1.47 bits per heavy atom. The van der Waals surface area contributed by atoms with Gasteiger partial charge < -0.3 is 14.8 Å². The van der Waals surface area contributed by atoms with Crippen LogP contribution in [0.5, 0.6) is 0 Å². The van der Waals surface area contributed by atoms with Gasteiger partial charge in [0.15, 0.2) is 11.5 Å². The Balaban J connectivity index is 2.33. The molecule has 1 unspecified atom stereocenters. The first-order valence-corrected chi connectivity index (χ1v) is 6.62. The van der Waals surface area contributed by atoms with Gasteiger partial charge in [-0.3, -0.25) is 0 Å². The summed E-state index contributed by atoms with van der Waals surface area (Å²) < 4.78 is 5.99. The summed E-state index contributed by atoms with van der Waals surface area (Å²) in [5.41, 5.74) is 0.783. The van der Waals surface area contributed by atoms with Crippen LogP contribution in [0.1, 0.15) is 24.5 Å². The fourth-order valence-corrected chi connectivity index (χ4v) is 2.48. The third kappa shape index (κ3) is 2.68. The molecule has 0 amide bonds. The van der Waals surface area contributed by atoms with Crippen molar-refractivity contribution in [3.63, 3.8) is 0 Å². The van der Waals surface area contributed by atoms with Crippen molar-refractivity contribution in [3.05, 3.63) is 51.8 Å². The highest BCUT2D eigenvalue weighted by Gasteiger charge is 2.25. The molecular formula is C13H14N2O3S. The molecule has 0 aliphatic rings. The maximum Gasteiger partial charge on any atom is 0.209 e. The molecule has 19 heavy (non-hydrogen) atoms. The number of hydrogen-bond acceptors (Lipinski definition) is 5. The van der Waals surface area contributed by atoms with E-state index in [1.807, 2.05) is 17.5 Å². The maximum atomic E-state index is 12.3. The van der Waals surface area contributed by atoms with Crippen LogP contribution in [0.3, 0.4) is 0 Å². The number of nitrogens with zero attached hydrogens (tertiary/aromatic N) is 2. The van der Waals surface area contributed by atoms with Crippen molar-refractivity contribution in [3.8, 4) is 0 Å². The van der Waals surface area contributed by atoms with E-state index in [0.29, 0.717) is 11.5 Å². The highest BCUT2D eigenvalue weighted by Crippen LogP contribution is 2.13. The molecule has 2 heterocycles. The fourth-order valence-electron chi connectivity index (χ4n) is 1.76. The van der Waals surface area contributed by atoms with Crippen LogP contribution in [0.4, 0.5) is 0 Å². The molecule has 0 aliphatic heterocycles. The van der Waals surface area contributed by atoms with Crippen molar-refractivity contribution in [1.82, 2.24) is 0 Å². The predicted octanol–water partition coefficient (Wildman–Crippen LogP) is 2.93. The van der Waals surface area contributed by atoms with Crippen LogP contribution in [-0.2, 0) is 0 Å². The molecule has 0 saturated carbocycles. The van der Waals surface area contributed by atoms with Crippen molar-refractivity contribution in [2.45, 2.75) is 19.9 Å². The quantitative estimate of drug-likeness (QED) is 0.307. The Hall–Kier alpha value is -2.08. The SMILES string of the molecule is C/C(c1cccs1)=[N+](/[O-])C(C)/C(=N/O)c1ccco1. The van der Waals surface area contributed by atoms with E-state index in [4.69, 9.17) is 9.62 Å². The lowest BCUT2D eigenvalue weighted by Crippen LogP contribution is -2.32. The Morgan fingerprint density at radius 3 is 2.79 bits per heavy atom. The lowest BCUT2D eigenvalue weighted by Gasteiger charge is -2.14. The normalized spacial score (nSPS) is 15.2. The lowest BCUT2D eigenvalue weighted by molar-refractivity contribution is -0.476. The number of furan rings is 1. The van der Waals surface area contributed by atoms with Crippen LogP contribution in [0.2, 0.25) is 0 Å². The summed E-state index contributed by atoms with van der Waals surface area (Å²) in [5, 5.41) is 26.5. The molecule has 6 heteroatoms. The van der Waals surface area contributed by atoms with Crippen LogP contribution in [-0.4, -0.2) is 27.4 Å². The summed E-state index contributed by atoms with van der Waals surface area (Å²) >= 11 is 1.49. The monoisotopic (exact) mass is 278 g/mol. The lowest BCUT2D eigenvalue weighted by atomic mass is 10.1. The van der Waals surface area contributed by atoms with Gasteiger partial charge in [-0.1, -0.05) is 11.2 Å². The third-order valence-corrected chi connectivity index (χ3v) is 3.82. The molecule has 2 aromatic heterocycles. The molecule has 100 valence electrons. The maximum absolute atomic E-state index is 12.3. The molecule has 0 aliphatic carbocycles. The van der Waals surface area contributed by atoms with Crippen molar-refractivity contribution >= 4 is 22.8 Å². The number of hydrogen-bond donors (Lipinski definition) is 1. The second-order valence-corrected chi connectivity index (χ2v) is 4.97. The summed E-state index contributed by atoms with van der Waals surface area (Å²) in [6.07, 6.45) is 1.47. The minimum Gasteiger partial charge on any atom is -0.623 e. The zero-order valence-electron chi connectivity index (χ0n) is 10.6. The van der Waals surface area contributed by atoms with Gasteiger partial charge in [0.05, 0.1) is 11.1 Å². The Labute approximate surface area is 114 Å². The van der Waals surface area contributed by atoms with Crippen molar-refractivity contribution in [1.29, 1.82) is 0 Å². The number of oxime groups is 1. The van der Waals surface area contributed by atoms with Gasteiger partial charge in [0.25, 0.3) is 0 Å². The van der Waals surface area contributed by atoms with Crippen molar-refractivity contribution in [2.75, 3.05) is 0 Å². The molecule has 0 bridgehead atoms. The Bertz CT molecular complexity index is 585. The molecule has 0 saturated heterocycles. The van der Waals surface area contributed by atoms with Crippen LogP contribution < -0.4 is 0 Å². The minimum absolute atomic E-state index is 0.205.